The van der Waals surface area contributed by atoms with Gasteiger partial charge in [0.25, 0.3) is 0 Å². The number of nitrogens with zero attached hydrogens (tertiary/aromatic N) is 2. The number of amides is 1. The Labute approximate surface area is 241 Å². The van der Waals surface area contributed by atoms with E-state index in [-0.39, 0.29) is 24.2 Å². The summed E-state index contributed by atoms with van der Waals surface area (Å²) in [7, 11) is 0. The average Bonchev–Trinajstić information content (AvgIpc) is 2.97. The molecular formula is C32H35F6N3O. The van der Waals surface area contributed by atoms with Gasteiger partial charge in [-0.05, 0) is 52.9 Å². The van der Waals surface area contributed by atoms with E-state index in [0.29, 0.717) is 18.2 Å². The molecule has 5 rings (SSSR count). The maximum Gasteiger partial charge on any atom is 0.416 e. The van der Waals surface area contributed by atoms with Crippen LogP contribution in [-0.4, -0.2) is 54.5 Å². The van der Waals surface area contributed by atoms with Crippen LogP contribution >= 0.6 is 0 Å². The van der Waals surface area contributed by atoms with Gasteiger partial charge in [0.2, 0.25) is 5.91 Å². The summed E-state index contributed by atoms with van der Waals surface area (Å²) in [6.45, 7) is 3.59. The lowest BCUT2D eigenvalue weighted by atomic mass is 9.93. The molecule has 1 N–H and O–H groups in total. The number of halogens is 6. The number of piperazine rings is 1. The lowest BCUT2D eigenvalue weighted by molar-refractivity contribution is -0.143. The minimum atomic E-state index is -4.97. The third-order valence-corrected chi connectivity index (χ3v) is 8.57. The highest BCUT2D eigenvalue weighted by Gasteiger charge is 2.37. The SMILES string of the molecule is O=C(Cc1cc(C(F)(F)F)cc(C(F)(F)F)c1)NCC(c1cccc2ccccc12)N1CCN(C2CCCCC2)CC1. The number of benzene rings is 3. The van der Waals surface area contributed by atoms with Gasteiger partial charge in [0.05, 0.1) is 23.6 Å². The standard InChI is InChI=1S/C32H35F6N3O/c33-31(34,35)24-17-22(18-25(20-24)32(36,37)38)19-30(42)39-21-29(28-12-6-8-23-7-4-5-11-27(23)28)41-15-13-40(14-16-41)26-9-2-1-3-10-26/h4-8,11-12,17-18,20,26,29H,1-3,9-10,13-16,19,21H2,(H,39,42). The summed E-state index contributed by atoms with van der Waals surface area (Å²) in [6.07, 6.45) is -4.29. The molecular weight excluding hydrogens is 556 g/mol. The number of hydrogen-bond acceptors (Lipinski definition) is 3. The third-order valence-electron chi connectivity index (χ3n) is 8.57. The predicted molar refractivity (Wildman–Crippen MR) is 150 cm³/mol. The Kier molecular flexibility index (Phi) is 9.13. The van der Waals surface area contributed by atoms with Crippen LogP contribution in [0.3, 0.4) is 0 Å². The maximum atomic E-state index is 13.3. The summed E-state index contributed by atoms with van der Waals surface area (Å²) < 4.78 is 79.9. The minimum absolute atomic E-state index is 0.0743. The molecule has 4 nitrogen and oxygen atoms in total. The summed E-state index contributed by atoms with van der Waals surface area (Å²) in [5, 5.41) is 4.92. The molecule has 10 heteroatoms. The van der Waals surface area contributed by atoms with E-state index in [0.717, 1.165) is 42.5 Å². The van der Waals surface area contributed by atoms with Crippen LogP contribution in [0.15, 0.2) is 60.7 Å². The molecule has 1 unspecified atom stereocenters. The van der Waals surface area contributed by atoms with Gasteiger partial charge in [0, 0.05) is 38.8 Å². The van der Waals surface area contributed by atoms with Crippen LogP contribution in [0.4, 0.5) is 26.3 Å². The van der Waals surface area contributed by atoms with Crippen molar-refractivity contribution < 1.29 is 31.1 Å². The summed E-state index contributed by atoms with van der Waals surface area (Å²) >= 11 is 0. The van der Waals surface area contributed by atoms with Crippen molar-refractivity contribution in [1.82, 2.24) is 15.1 Å². The van der Waals surface area contributed by atoms with Gasteiger partial charge in [0.15, 0.2) is 0 Å². The van der Waals surface area contributed by atoms with Gasteiger partial charge in [-0.1, -0.05) is 61.7 Å². The average molecular weight is 592 g/mol. The highest BCUT2D eigenvalue weighted by atomic mass is 19.4. The first kappa shape index (κ1) is 30.4. The van der Waals surface area contributed by atoms with E-state index in [2.05, 4.69) is 15.1 Å². The Morgan fingerprint density at radius 1 is 0.810 bits per heavy atom. The first-order chi connectivity index (χ1) is 20.0. The number of rotatable bonds is 7. The van der Waals surface area contributed by atoms with Crippen molar-refractivity contribution in [3.8, 4) is 0 Å². The molecule has 3 aromatic carbocycles. The van der Waals surface area contributed by atoms with E-state index in [1.165, 1.54) is 32.1 Å². The highest BCUT2D eigenvalue weighted by molar-refractivity contribution is 5.86. The summed E-state index contributed by atoms with van der Waals surface area (Å²) in [5.41, 5.74) is -2.16. The lowest BCUT2D eigenvalue weighted by Gasteiger charge is -2.43. The minimum Gasteiger partial charge on any atom is -0.354 e. The second-order valence-electron chi connectivity index (χ2n) is 11.3. The van der Waals surface area contributed by atoms with Crippen LogP contribution in [0.25, 0.3) is 10.8 Å². The number of carbonyl (C=O) groups is 1. The summed E-state index contributed by atoms with van der Waals surface area (Å²) in [4.78, 5) is 17.9. The lowest BCUT2D eigenvalue weighted by Crippen LogP contribution is -2.53. The van der Waals surface area contributed by atoms with Crippen molar-refractivity contribution in [1.29, 1.82) is 0 Å². The molecule has 226 valence electrons. The topological polar surface area (TPSA) is 35.6 Å². The first-order valence-electron chi connectivity index (χ1n) is 14.5. The van der Waals surface area contributed by atoms with Crippen LogP contribution in [0, 0.1) is 0 Å². The fraction of sp³-hybridized carbons (Fsp3) is 0.469. The van der Waals surface area contributed by atoms with Crippen molar-refractivity contribution in [2.75, 3.05) is 32.7 Å². The molecule has 1 atom stereocenters. The Morgan fingerprint density at radius 3 is 2.07 bits per heavy atom. The molecule has 3 aromatic rings. The van der Waals surface area contributed by atoms with Gasteiger partial charge in [0.1, 0.15) is 0 Å². The Hall–Kier alpha value is -3.11. The smallest absolute Gasteiger partial charge is 0.354 e. The van der Waals surface area contributed by atoms with E-state index in [1.807, 2.05) is 42.5 Å². The highest BCUT2D eigenvalue weighted by Crippen LogP contribution is 2.36. The quantitative estimate of drug-likeness (QED) is 0.295. The van der Waals surface area contributed by atoms with Crippen LogP contribution in [0.2, 0.25) is 0 Å². The van der Waals surface area contributed by atoms with E-state index in [9.17, 15) is 31.1 Å². The Balaban J connectivity index is 1.34. The fourth-order valence-corrected chi connectivity index (χ4v) is 6.42. The number of nitrogens with one attached hydrogen (secondary N) is 1. The monoisotopic (exact) mass is 591 g/mol. The van der Waals surface area contributed by atoms with Gasteiger partial charge in [-0.3, -0.25) is 14.6 Å². The molecule has 1 aliphatic carbocycles. The zero-order valence-corrected chi connectivity index (χ0v) is 23.3. The number of alkyl halides is 6. The third kappa shape index (κ3) is 7.26. The van der Waals surface area contributed by atoms with Gasteiger partial charge in [-0.15, -0.1) is 0 Å². The van der Waals surface area contributed by atoms with Crippen molar-refractivity contribution in [3.05, 3.63) is 82.9 Å². The zero-order valence-electron chi connectivity index (χ0n) is 23.3. The molecule has 0 spiro atoms. The van der Waals surface area contributed by atoms with E-state index < -0.39 is 35.8 Å². The van der Waals surface area contributed by atoms with E-state index >= 15 is 0 Å². The molecule has 1 amide bonds. The number of fused-ring (bicyclic) bond motifs is 1. The van der Waals surface area contributed by atoms with Crippen LogP contribution in [0.5, 0.6) is 0 Å². The van der Waals surface area contributed by atoms with E-state index in [1.54, 1.807) is 0 Å². The molecule has 0 aromatic heterocycles. The molecule has 1 aliphatic heterocycles. The maximum absolute atomic E-state index is 13.3. The molecule has 1 saturated heterocycles. The second kappa shape index (κ2) is 12.6. The Bertz CT molecular complexity index is 1340. The van der Waals surface area contributed by atoms with Crippen LogP contribution in [0.1, 0.15) is 60.4 Å². The molecule has 0 bridgehead atoms. The molecule has 0 radical (unpaired) electrons. The second-order valence-corrected chi connectivity index (χ2v) is 11.3. The molecule has 1 heterocycles. The summed E-state index contributed by atoms with van der Waals surface area (Å²) in [6, 6.07) is 15.6. The normalized spacial score (nSPS) is 18.7. The van der Waals surface area contributed by atoms with Crippen LogP contribution in [-0.2, 0) is 23.6 Å². The van der Waals surface area contributed by atoms with E-state index in [4.69, 9.17) is 0 Å². The molecule has 1 saturated carbocycles. The van der Waals surface area contributed by atoms with Crippen molar-refractivity contribution >= 4 is 16.7 Å². The van der Waals surface area contributed by atoms with Crippen LogP contribution < -0.4 is 5.32 Å². The zero-order chi connectivity index (χ0) is 29.9. The van der Waals surface area contributed by atoms with Crippen molar-refractivity contribution in [2.24, 2.45) is 0 Å². The van der Waals surface area contributed by atoms with Gasteiger partial charge < -0.3 is 5.32 Å². The molecule has 2 fully saturated rings. The molecule has 42 heavy (non-hydrogen) atoms. The predicted octanol–water partition coefficient (Wildman–Crippen LogP) is 7.23. The van der Waals surface area contributed by atoms with Crippen molar-refractivity contribution in [2.45, 2.75) is 63.0 Å². The number of carbonyl (C=O) groups excluding carboxylic acids is 1. The Morgan fingerprint density at radius 2 is 1.43 bits per heavy atom. The first-order valence-corrected chi connectivity index (χ1v) is 14.5. The van der Waals surface area contributed by atoms with Gasteiger partial charge in [-0.25, -0.2) is 0 Å². The molecule has 2 aliphatic rings. The summed E-state index contributed by atoms with van der Waals surface area (Å²) in [5.74, 6) is -0.631. The van der Waals surface area contributed by atoms with Gasteiger partial charge in [-0.2, -0.15) is 26.3 Å². The van der Waals surface area contributed by atoms with Gasteiger partial charge >= 0.3 is 12.4 Å². The number of hydrogen-bond donors (Lipinski definition) is 1. The largest absolute Gasteiger partial charge is 0.416 e. The fourth-order valence-electron chi connectivity index (χ4n) is 6.42. The van der Waals surface area contributed by atoms with Crippen molar-refractivity contribution in [3.63, 3.8) is 0 Å².